The number of nitrogens with zero attached hydrogens (tertiary/aromatic N) is 3. The van der Waals surface area contributed by atoms with E-state index in [0.29, 0.717) is 12.3 Å². The summed E-state index contributed by atoms with van der Waals surface area (Å²) in [5.74, 6) is -2.28. The molecule has 0 radical (unpaired) electrons. The van der Waals surface area contributed by atoms with E-state index >= 15 is 0 Å². The number of nitrogens with one attached hydrogen (secondary N) is 1. The average Bonchev–Trinajstić information content (AvgIpc) is 3.49. The van der Waals surface area contributed by atoms with E-state index in [2.05, 4.69) is 44.4 Å². The number of aryl methyl sites for hydroxylation is 1. The molecule has 4 heterocycles. The van der Waals surface area contributed by atoms with Crippen LogP contribution in [0, 0.1) is 12.8 Å². The molecule has 1 aliphatic heterocycles. The predicted octanol–water partition coefficient (Wildman–Crippen LogP) is 3.54. The van der Waals surface area contributed by atoms with Crippen molar-refractivity contribution in [1.29, 1.82) is 0 Å². The minimum absolute atomic E-state index is 0.166. The summed E-state index contributed by atoms with van der Waals surface area (Å²) >= 11 is 1.80. The van der Waals surface area contributed by atoms with E-state index < -0.39 is 12.1 Å². The number of hydrogen-bond donors (Lipinski definition) is 2. The van der Waals surface area contributed by atoms with Crippen LogP contribution in [0.15, 0.2) is 46.5 Å². The van der Waals surface area contributed by atoms with Gasteiger partial charge in [-0.3, -0.25) is 14.4 Å². The Morgan fingerprint density at radius 1 is 1.30 bits per heavy atom. The molecular formula is C21H23F3N4O4S. The van der Waals surface area contributed by atoms with Gasteiger partial charge in [-0.2, -0.15) is 18.3 Å². The zero-order valence-electron chi connectivity index (χ0n) is 17.7. The Morgan fingerprint density at radius 3 is 2.67 bits per heavy atom. The maximum atomic E-state index is 12.2. The van der Waals surface area contributed by atoms with Gasteiger partial charge < -0.3 is 14.8 Å². The van der Waals surface area contributed by atoms with E-state index in [9.17, 15) is 18.0 Å². The summed E-state index contributed by atoms with van der Waals surface area (Å²) in [6, 6.07) is 7.66. The van der Waals surface area contributed by atoms with Crippen molar-refractivity contribution in [3.05, 3.63) is 64.0 Å². The van der Waals surface area contributed by atoms with Crippen LogP contribution < -0.4 is 5.32 Å². The van der Waals surface area contributed by atoms with Gasteiger partial charge >= 0.3 is 12.1 Å². The normalized spacial score (nSPS) is 16.3. The number of fused-ring (bicyclic) bond motifs is 1. The molecule has 0 bridgehead atoms. The Balaban J connectivity index is 0.000000383. The summed E-state index contributed by atoms with van der Waals surface area (Å²) in [6.07, 6.45) is -1.71. The number of carboxylic acids is 1. The van der Waals surface area contributed by atoms with Gasteiger partial charge in [0.1, 0.15) is 0 Å². The minimum atomic E-state index is -5.08. The van der Waals surface area contributed by atoms with Gasteiger partial charge in [-0.15, -0.1) is 11.3 Å². The number of rotatable bonds is 5. The maximum absolute atomic E-state index is 12.2. The second kappa shape index (κ2) is 10.7. The zero-order valence-corrected chi connectivity index (χ0v) is 18.5. The van der Waals surface area contributed by atoms with Crippen molar-refractivity contribution in [2.24, 2.45) is 5.92 Å². The van der Waals surface area contributed by atoms with Gasteiger partial charge in [0.25, 0.3) is 5.91 Å². The van der Waals surface area contributed by atoms with Crippen molar-refractivity contribution in [3.63, 3.8) is 0 Å². The second-order valence-electron chi connectivity index (χ2n) is 7.56. The molecule has 8 nitrogen and oxygen atoms in total. The SMILES string of the molecule is Cc1ccsc1CN1Cc2ccnn2CC(CNC(=O)c2ccco2)C1.O=C(O)C(F)(F)F. The molecule has 3 aromatic rings. The van der Waals surface area contributed by atoms with Crippen LogP contribution in [0.4, 0.5) is 13.2 Å². The highest BCUT2D eigenvalue weighted by molar-refractivity contribution is 7.10. The number of aromatic nitrogens is 2. The molecule has 0 fully saturated rings. The molecule has 1 unspecified atom stereocenters. The van der Waals surface area contributed by atoms with Crippen molar-refractivity contribution in [1.82, 2.24) is 20.0 Å². The standard InChI is InChI=1S/C19H22N4O2S.C2HF3O2/c1-14-5-8-26-18(14)13-22-10-15(11-23-16(12-22)4-6-21-23)9-20-19(24)17-3-2-7-25-17;3-2(4,5)1(6)7/h2-8,15H,9-13H2,1H3,(H,20,24);(H,6,7). The fraction of sp³-hybridized carbons (Fsp3) is 0.381. The Kier molecular flexibility index (Phi) is 7.92. The molecule has 1 aliphatic rings. The fourth-order valence-corrected chi connectivity index (χ4v) is 4.32. The third-order valence-electron chi connectivity index (χ3n) is 5.01. The highest BCUT2D eigenvalue weighted by Crippen LogP contribution is 2.22. The lowest BCUT2D eigenvalue weighted by molar-refractivity contribution is -0.192. The lowest BCUT2D eigenvalue weighted by atomic mass is 10.1. The van der Waals surface area contributed by atoms with Crippen molar-refractivity contribution in [2.45, 2.75) is 32.7 Å². The number of carboxylic acid groups (broad SMARTS) is 1. The third kappa shape index (κ3) is 6.93. The van der Waals surface area contributed by atoms with Gasteiger partial charge in [0.15, 0.2) is 5.76 Å². The number of amides is 1. The van der Waals surface area contributed by atoms with Crippen LogP contribution in [0.2, 0.25) is 0 Å². The van der Waals surface area contributed by atoms with Crippen LogP contribution in [-0.4, -0.2) is 50.9 Å². The van der Waals surface area contributed by atoms with Crippen LogP contribution in [0.1, 0.15) is 26.7 Å². The average molecular weight is 485 g/mol. The Morgan fingerprint density at radius 2 is 2.06 bits per heavy atom. The van der Waals surface area contributed by atoms with Gasteiger partial charge in [0, 0.05) is 49.7 Å². The molecule has 12 heteroatoms. The van der Waals surface area contributed by atoms with Crippen LogP contribution in [0.5, 0.6) is 0 Å². The molecular weight excluding hydrogens is 461 g/mol. The first-order valence-corrected chi connectivity index (χ1v) is 10.9. The number of hydrogen-bond acceptors (Lipinski definition) is 6. The van der Waals surface area contributed by atoms with Crippen LogP contribution in [0.3, 0.4) is 0 Å². The molecule has 4 rings (SSSR count). The number of furan rings is 1. The van der Waals surface area contributed by atoms with Crippen molar-refractivity contribution in [3.8, 4) is 0 Å². The molecule has 0 aromatic carbocycles. The topological polar surface area (TPSA) is 101 Å². The summed E-state index contributed by atoms with van der Waals surface area (Å²) in [5.41, 5.74) is 2.56. The summed E-state index contributed by atoms with van der Waals surface area (Å²) in [6.45, 7) is 6.28. The van der Waals surface area contributed by atoms with Gasteiger partial charge in [-0.25, -0.2) is 4.79 Å². The first-order chi connectivity index (χ1) is 15.6. The molecule has 1 atom stereocenters. The molecule has 3 aromatic heterocycles. The van der Waals surface area contributed by atoms with Gasteiger partial charge in [-0.05, 0) is 42.1 Å². The third-order valence-corrected chi connectivity index (χ3v) is 6.02. The first-order valence-electron chi connectivity index (χ1n) is 10.0. The zero-order chi connectivity index (χ0) is 24.0. The Bertz CT molecular complexity index is 1060. The molecule has 178 valence electrons. The van der Waals surface area contributed by atoms with Crippen molar-refractivity contribution in [2.75, 3.05) is 13.1 Å². The molecule has 0 aliphatic carbocycles. The highest BCUT2D eigenvalue weighted by Gasteiger charge is 2.38. The largest absolute Gasteiger partial charge is 0.490 e. The molecule has 2 N–H and O–H groups in total. The van der Waals surface area contributed by atoms with E-state index in [0.717, 1.165) is 26.2 Å². The quantitative estimate of drug-likeness (QED) is 0.575. The van der Waals surface area contributed by atoms with Crippen LogP contribution in [0.25, 0.3) is 0 Å². The second-order valence-corrected chi connectivity index (χ2v) is 8.56. The lowest BCUT2D eigenvalue weighted by Crippen LogP contribution is -2.36. The highest BCUT2D eigenvalue weighted by atomic mass is 32.1. The van der Waals surface area contributed by atoms with Crippen molar-refractivity contribution < 1.29 is 32.3 Å². The number of thiophene rings is 1. The van der Waals surface area contributed by atoms with E-state index in [-0.39, 0.29) is 11.8 Å². The molecule has 1 amide bonds. The molecule has 33 heavy (non-hydrogen) atoms. The Labute approximate surface area is 191 Å². The summed E-state index contributed by atoms with van der Waals surface area (Å²) in [4.78, 5) is 24.9. The van der Waals surface area contributed by atoms with E-state index in [4.69, 9.17) is 14.3 Å². The number of alkyl halides is 3. The van der Waals surface area contributed by atoms with Gasteiger partial charge in [0.05, 0.1) is 12.0 Å². The first kappa shape index (κ1) is 24.5. The molecule has 0 saturated carbocycles. The minimum Gasteiger partial charge on any atom is -0.475 e. The summed E-state index contributed by atoms with van der Waals surface area (Å²) < 4.78 is 39.0. The maximum Gasteiger partial charge on any atom is 0.490 e. The van der Waals surface area contributed by atoms with Crippen molar-refractivity contribution >= 4 is 23.2 Å². The van der Waals surface area contributed by atoms with Gasteiger partial charge in [0.2, 0.25) is 0 Å². The number of halogens is 3. The number of carbonyl (C=O) groups is 2. The van der Waals surface area contributed by atoms with Gasteiger partial charge in [-0.1, -0.05) is 0 Å². The Hall–Kier alpha value is -3.12. The van der Waals surface area contributed by atoms with E-state index in [1.807, 2.05) is 6.20 Å². The molecule has 0 saturated heterocycles. The molecule has 0 spiro atoms. The number of aliphatic carboxylic acids is 1. The number of carbonyl (C=O) groups excluding carboxylic acids is 1. The summed E-state index contributed by atoms with van der Waals surface area (Å²) in [7, 11) is 0. The van der Waals surface area contributed by atoms with E-state index in [1.54, 1.807) is 23.5 Å². The lowest BCUT2D eigenvalue weighted by Gasteiger charge is -2.23. The smallest absolute Gasteiger partial charge is 0.475 e. The van der Waals surface area contributed by atoms with Crippen LogP contribution >= 0.6 is 11.3 Å². The predicted molar refractivity (Wildman–Crippen MR) is 114 cm³/mol. The van der Waals surface area contributed by atoms with E-state index in [1.165, 1.54) is 22.4 Å². The summed E-state index contributed by atoms with van der Waals surface area (Å²) in [5, 5.41) is 16.7. The monoisotopic (exact) mass is 484 g/mol. The fourth-order valence-electron chi connectivity index (χ4n) is 3.37. The van der Waals surface area contributed by atoms with Crippen LogP contribution in [-0.2, 0) is 24.4 Å².